The molecule has 0 spiro atoms. The number of rotatable bonds is 3. The number of H-pyrrole nitrogens is 1. The third kappa shape index (κ3) is 2.07. The molecule has 8 heteroatoms. The zero-order valence-corrected chi connectivity index (χ0v) is 12.5. The Kier molecular flexibility index (Phi) is 2.62. The van der Waals surface area contributed by atoms with Gasteiger partial charge in [-0.05, 0) is 23.8 Å². The van der Waals surface area contributed by atoms with Crippen molar-refractivity contribution in [1.29, 1.82) is 0 Å². The first-order valence-corrected chi connectivity index (χ1v) is 8.74. The zero-order chi connectivity index (χ0) is 15.5. The summed E-state index contributed by atoms with van der Waals surface area (Å²) < 4.78 is 25.2. The first-order valence-electron chi connectivity index (χ1n) is 6.85. The summed E-state index contributed by atoms with van der Waals surface area (Å²) in [5.74, 6) is 0.00472. The van der Waals surface area contributed by atoms with E-state index in [1.165, 1.54) is 0 Å². The molecule has 1 aromatic heterocycles. The molecule has 4 rings (SSSR count). The Labute approximate surface area is 127 Å². The van der Waals surface area contributed by atoms with Gasteiger partial charge in [0.1, 0.15) is 0 Å². The van der Waals surface area contributed by atoms with Gasteiger partial charge >= 0.3 is 0 Å². The summed E-state index contributed by atoms with van der Waals surface area (Å²) in [5, 5.41) is 2.88. The molecule has 1 fully saturated rings. The lowest BCUT2D eigenvalue weighted by Gasteiger charge is -2.17. The number of hydrogen-bond donors (Lipinski definition) is 3. The second-order valence-corrected chi connectivity index (χ2v) is 7.50. The van der Waals surface area contributed by atoms with E-state index in [9.17, 15) is 13.2 Å². The van der Waals surface area contributed by atoms with Crippen LogP contribution in [0.25, 0.3) is 0 Å². The zero-order valence-electron chi connectivity index (χ0n) is 11.7. The molecule has 2 heterocycles. The number of sulfonamides is 1. The Hall–Kier alpha value is -2.35. The molecule has 1 aliphatic carbocycles. The topological polar surface area (TPSA) is 104 Å². The number of amides is 1. The fraction of sp³-hybridized carbons (Fsp3) is 0.286. The van der Waals surface area contributed by atoms with Crippen LogP contribution in [0.15, 0.2) is 30.7 Å². The minimum absolute atomic E-state index is 0.000854. The van der Waals surface area contributed by atoms with Crippen LogP contribution in [0.2, 0.25) is 0 Å². The van der Waals surface area contributed by atoms with E-state index in [-0.39, 0.29) is 23.7 Å². The molecule has 0 bridgehead atoms. The number of benzene rings is 1. The average Bonchev–Trinajstić information content (AvgIpc) is 2.95. The van der Waals surface area contributed by atoms with Gasteiger partial charge < -0.3 is 10.3 Å². The van der Waals surface area contributed by atoms with Crippen LogP contribution in [0.1, 0.15) is 23.1 Å². The number of carbonyl (C=O) groups excluding carboxylic acids is 1. The van der Waals surface area contributed by atoms with Gasteiger partial charge in [-0.1, -0.05) is 0 Å². The number of aromatic amines is 1. The number of imidazole rings is 1. The highest BCUT2D eigenvalue weighted by atomic mass is 32.2. The van der Waals surface area contributed by atoms with Crippen LogP contribution in [0, 0.1) is 5.92 Å². The molecule has 1 saturated carbocycles. The van der Waals surface area contributed by atoms with Crippen LogP contribution in [0.4, 0.5) is 11.4 Å². The fourth-order valence-corrected chi connectivity index (χ4v) is 3.86. The quantitative estimate of drug-likeness (QED) is 0.791. The second-order valence-electron chi connectivity index (χ2n) is 5.75. The van der Waals surface area contributed by atoms with E-state index < -0.39 is 10.0 Å². The number of hydrogen-bond acceptors (Lipinski definition) is 4. The van der Waals surface area contributed by atoms with Crippen LogP contribution in [-0.2, 0) is 14.8 Å². The van der Waals surface area contributed by atoms with Crippen molar-refractivity contribution >= 4 is 27.3 Å². The third-order valence-electron chi connectivity index (χ3n) is 4.17. The molecule has 114 valence electrons. The normalized spacial score (nSPS) is 25.9. The summed E-state index contributed by atoms with van der Waals surface area (Å²) in [5.41, 5.74) is 3.14. The Bertz CT molecular complexity index is 860. The monoisotopic (exact) mass is 318 g/mol. The maximum atomic E-state index is 12.2. The number of aromatic nitrogens is 2. The van der Waals surface area contributed by atoms with Crippen LogP contribution < -0.4 is 10.0 Å². The summed E-state index contributed by atoms with van der Waals surface area (Å²) in [4.78, 5) is 19.2. The Balaban J connectivity index is 1.73. The molecule has 3 unspecified atom stereocenters. The maximum Gasteiger partial charge on any atom is 0.229 e. The van der Waals surface area contributed by atoms with Crippen molar-refractivity contribution in [2.75, 3.05) is 16.3 Å². The molecular weight excluding hydrogens is 304 g/mol. The van der Waals surface area contributed by atoms with Gasteiger partial charge in [0, 0.05) is 35.1 Å². The van der Waals surface area contributed by atoms with Crippen LogP contribution >= 0.6 is 0 Å². The smallest absolute Gasteiger partial charge is 0.229 e. The van der Waals surface area contributed by atoms with E-state index in [0.717, 1.165) is 23.2 Å². The highest BCUT2D eigenvalue weighted by Gasteiger charge is 2.59. The van der Waals surface area contributed by atoms with Crippen molar-refractivity contribution in [3.8, 4) is 0 Å². The minimum atomic E-state index is -3.33. The fourth-order valence-electron chi connectivity index (χ4n) is 3.31. The third-order valence-corrected chi connectivity index (χ3v) is 4.78. The van der Waals surface area contributed by atoms with Gasteiger partial charge in [-0.25, -0.2) is 13.4 Å². The predicted octanol–water partition coefficient (Wildman–Crippen LogP) is 1.23. The molecule has 3 N–H and O–H groups in total. The van der Waals surface area contributed by atoms with E-state index in [2.05, 4.69) is 20.0 Å². The van der Waals surface area contributed by atoms with Gasteiger partial charge in [-0.3, -0.25) is 9.52 Å². The highest BCUT2D eigenvalue weighted by molar-refractivity contribution is 7.92. The summed E-state index contributed by atoms with van der Waals surface area (Å²) in [6.07, 6.45) is 4.44. The van der Waals surface area contributed by atoms with Crippen LogP contribution in [0.5, 0.6) is 0 Å². The highest BCUT2D eigenvalue weighted by Crippen LogP contribution is 2.63. The molecule has 7 nitrogen and oxygen atoms in total. The summed E-state index contributed by atoms with van der Waals surface area (Å²) in [6.45, 7) is 0. The van der Waals surface area contributed by atoms with E-state index >= 15 is 0 Å². The molecule has 3 atom stereocenters. The molecule has 0 saturated heterocycles. The van der Waals surface area contributed by atoms with Gasteiger partial charge in [0.15, 0.2) is 0 Å². The molecular formula is C14H14N4O3S. The van der Waals surface area contributed by atoms with E-state index in [1.807, 2.05) is 0 Å². The Morgan fingerprint density at radius 1 is 1.23 bits per heavy atom. The minimum Gasteiger partial charge on any atom is -0.348 e. The number of carbonyl (C=O) groups is 1. The SMILES string of the molecule is CS(=O)(=O)Nc1ccc2c(c1)C1C(C(=O)N2)C1c1cnc[nH]1. The van der Waals surface area contributed by atoms with Gasteiger partial charge in [0.2, 0.25) is 15.9 Å². The van der Waals surface area contributed by atoms with Crippen molar-refractivity contribution in [1.82, 2.24) is 9.97 Å². The summed E-state index contributed by atoms with van der Waals surface area (Å²) in [6, 6.07) is 5.18. The summed E-state index contributed by atoms with van der Waals surface area (Å²) in [7, 11) is -3.33. The van der Waals surface area contributed by atoms with Gasteiger partial charge in [0.25, 0.3) is 0 Å². The predicted molar refractivity (Wildman–Crippen MR) is 81.1 cm³/mol. The van der Waals surface area contributed by atoms with Crippen molar-refractivity contribution in [2.24, 2.45) is 5.92 Å². The maximum absolute atomic E-state index is 12.2. The van der Waals surface area contributed by atoms with Crippen LogP contribution in [-0.4, -0.2) is 30.5 Å². The first kappa shape index (κ1) is 13.3. The first-order chi connectivity index (χ1) is 10.4. The standard InChI is InChI=1S/C14H14N4O3S/c1-22(20,21)18-7-2-3-9-8(4-7)11-12(10-5-15-6-16-10)13(11)14(19)17-9/h2-6,11-13,18H,1H3,(H,15,16)(H,17,19). The molecule has 0 radical (unpaired) electrons. The van der Waals surface area contributed by atoms with Crippen LogP contribution in [0.3, 0.4) is 0 Å². The van der Waals surface area contributed by atoms with E-state index in [1.54, 1.807) is 30.7 Å². The van der Waals surface area contributed by atoms with E-state index in [0.29, 0.717) is 5.69 Å². The number of nitrogens with zero attached hydrogens (tertiary/aromatic N) is 1. The van der Waals surface area contributed by atoms with Gasteiger partial charge in [-0.15, -0.1) is 0 Å². The molecule has 2 aliphatic rings. The molecule has 2 aromatic rings. The molecule has 1 aromatic carbocycles. The largest absolute Gasteiger partial charge is 0.348 e. The molecule has 22 heavy (non-hydrogen) atoms. The second kappa shape index (κ2) is 4.33. The lowest BCUT2D eigenvalue weighted by atomic mass is 10.0. The Morgan fingerprint density at radius 3 is 2.73 bits per heavy atom. The number of anilines is 2. The lowest BCUT2D eigenvalue weighted by Crippen LogP contribution is -2.20. The van der Waals surface area contributed by atoms with Crippen molar-refractivity contribution in [3.05, 3.63) is 42.0 Å². The Morgan fingerprint density at radius 2 is 2.05 bits per heavy atom. The van der Waals surface area contributed by atoms with Crippen molar-refractivity contribution < 1.29 is 13.2 Å². The van der Waals surface area contributed by atoms with Crippen molar-refractivity contribution in [3.63, 3.8) is 0 Å². The number of nitrogens with one attached hydrogen (secondary N) is 3. The molecule has 1 aliphatic heterocycles. The lowest BCUT2D eigenvalue weighted by molar-refractivity contribution is -0.117. The van der Waals surface area contributed by atoms with Gasteiger partial charge in [0.05, 0.1) is 18.5 Å². The molecule has 1 amide bonds. The number of fused-ring (bicyclic) bond motifs is 3. The van der Waals surface area contributed by atoms with Crippen molar-refractivity contribution in [2.45, 2.75) is 11.8 Å². The van der Waals surface area contributed by atoms with E-state index in [4.69, 9.17) is 0 Å². The van der Waals surface area contributed by atoms with Gasteiger partial charge in [-0.2, -0.15) is 0 Å². The summed E-state index contributed by atoms with van der Waals surface area (Å²) >= 11 is 0. The average molecular weight is 318 g/mol.